The number of hydrazone groups is 1. The molecule has 0 spiro atoms. The Bertz CT molecular complexity index is 901. The Morgan fingerprint density at radius 2 is 2.12 bits per heavy atom. The number of nitrogens with zero attached hydrogens (tertiary/aromatic N) is 3. The van der Waals surface area contributed by atoms with Gasteiger partial charge in [0.15, 0.2) is 0 Å². The molecule has 0 aliphatic carbocycles. The summed E-state index contributed by atoms with van der Waals surface area (Å²) in [5.41, 5.74) is 5.79. The lowest BCUT2D eigenvalue weighted by Crippen LogP contribution is -2.18. The first-order valence-electron chi connectivity index (χ1n) is 7.33. The minimum Gasteiger partial charge on any atom is -0.316 e. The minimum absolute atomic E-state index is 0.147. The number of carbonyl (C=O) groups is 1. The topological polar surface area (TPSA) is 59.3 Å². The maximum absolute atomic E-state index is 12.0. The van der Waals surface area contributed by atoms with Crippen molar-refractivity contribution < 1.29 is 4.79 Å². The summed E-state index contributed by atoms with van der Waals surface area (Å²) in [6.45, 7) is 2.04. The number of aryl methyl sites for hydroxylation is 1. The van der Waals surface area contributed by atoms with Crippen LogP contribution in [0.1, 0.15) is 21.6 Å². The first-order valence-corrected chi connectivity index (χ1v) is 7.71. The number of aromatic nitrogens is 2. The molecule has 2 aromatic heterocycles. The number of amides is 1. The summed E-state index contributed by atoms with van der Waals surface area (Å²) < 4.78 is 1.99. The van der Waals surface area contributed by atoms with E-state index in [1.165, 1.54) is 11.8 Å². The van der Waals surface area contributed by atoms with Crippen LogP contribution in [0.15, 0.2) is 66.0 Å². The Hall–Kier alpha value is -2.92. The van der Waals surface area contributed by atoms with Gasteiger partial charge in [-0.2, -0.15) is 5.10 Å². The van der Waals surface area contributed by atoms with Gasteiger partial charge in [0.1, 0.15) is 5.15 Å². The van der Waals surface area contributed by atoms with Gasteiger partial charge in [-0.15, -0.1) is 0 Å². The number of nitrogens with one attached hydrogen (secondary N) is 1. The van der Waals surface area contributed by atoms with Crippen molar-refractivity contribution >= 4 is 23.7 Å². The van der Waals surface area contributed by atoms with E-state index >= 15 is 0 Å². The molecular weight excluding hydrogens is 324 g/mol. The lowest BCUT2D eigenvalue weighted by Gasteiger charge is -2.07. The zero-order chi connectivity index (χ0) is 16.9. The smallest absolute Gasteiger partial charge is 0.274 e. The SMILES string of the molecule is Cc1cccc(-n2cccc2C=NNC(=O)c2cccnc2Cl)c1. The van der Waals surface area contributed by atoms with E-state index in [4.69, 9.17) is 11.6 Å². The van der Waals surface area contributed by atoms with E-state index in [2.05, 4.69) is 21.6 Å². The van der Waals surface area contributed by atoms with Gasteiger partial charge in [0.2, 0.25) is 0 Å². The van der Waals surface area contributed by atoms with E-state index in [-0.39, 0.29) is 10.7 Å². The zero-order valence-electron chi connectivity index (χ0n) is 13.0. The Morgan fingerprint density at radius 3 is 2.92 bits per heavy atom. The molecule has 2 heterocycles. The standard InChI is InChI=1S/C18H15ClN4O/c1-13-5-2-6-14(11-13)23-10-4-7-15(23)12-21-22-18(24)16-8-3-9-20-17(16)19/h2-12H,1H3,(H,22,24). The Morgan fingerprint density at radius 1 is 1.25 bits per heavy atom. The van der Waals surface area contributed by atoms with Crippen LogP contribution in [0.25, 0.3) is 5.69 Å². The molecule has 0 aliphatic rings. The van der Waals surface area contributed by atoms with Crippen LogP contribution in [0.5, 0.6) is 0 Å². The number of carbonyl (C=O) groups excluding carboxylic acids is 1. The van der Waals surface area contributed by atoms with E-state index in [0.29, 0.717) is 0 Å². The van der Waals surface area contributed by atoms with Gasteiger partial charge >= 0.3 is 0 Å². The van der Waals surface area contributed by atoms with Gasteiger partial charge < -0.3 is 4.57 Å². The summed E-state index contributed by atoms with van der Waals surface area (Å²) >= 11 is 5.89. The van der Waals surface area contributed by atoms with Crippen molar-refractivity contribution in [2.24, 2.45) is 5.10 Å². The highest BCUT2D eigenvalue weighted by atomic mass is 35.5. The number of hydrogen-bond donors (Lipinski definition) is 1. The summed E-state index contributed by atoms with van der Waals surface area (Å²) in [6, 6.07) is 15.2. The molecule has 24 heavy (non-hydrogen) atoms. The second-order valence-electron chi connectivity index (χ2n) is 5.18. The highest BCUT2D eigenvalue weighted by Gasteiger charge is 2.09. The minimum atomic E-state index is -0.405. The van der Waals surface area contributed by atoms with Crippen LogP contribution in [0.4, 0.5) is 0 Å². The second kappa shape index (κ2) is 7.10. The summed E-state index contributed by atoms with van der Waals surface area (Å²) in [5, 5.41) is 4.15. The van der Waals surface area contributed by atoms with Gasteiger partial charge in [0.05, 0.1) is 17.5 Å². The largest absolute Gasteiger partial charge is 0.316 e. The molecule has 0 unspecified atom stereocenters. The Balaban J connectivity index is 1.76. The van der Waals surface area contributed by atoms with Crippen molar-refractivity contribution in [3.8, 4) is 5.69 Å². The van der Waals surface area contributed by atoms with Crippen LogP contribution in [0.2, 0.25) is 5.15 Å². The van der Waals surface area contributed by atoms with Crippen LogP contribution < -0.4 is 5.43 Å². The van der Waals surface area contributed by atoms with Crippen LogP contribution in [-0.2, 0) is 0 Å². The molecule has 0 bridgehead atoms. The van der Waals surface area contributed by atoms with Crippen LogP contribution in [0, 0.1) is 6.92 Å². The summed E-state index contributed by atoms with van der Waals surface area (Å²) in [7, 11) is 0. The number of benzene rings is 1. The third kappa shape index (κ3) is 3.52. The van der Waals surface area contributed by atoms with Gasteiger partial charge in [0.25, 0.3) is 5.91 Å². The molecule has 3 aromatic rings. The van der Waals surface area contributed by atoms with E-state index in [1.54, 1.807) is 18.3 Å². The monoisotopic (exact) mass is 338 g/mol. The second-order valence-corrected chi connectivity index (χ2v) is 5.54. The molecule has 1 N–H and O–H groups in total. The summed E-state index contributed by atoms with van der Waals surface area (Å²) in [5.74, 6) is -0.405. The average Bonchev–Trinajstić information content (AvgIpc) is 3.03. The fourth-order valence-corrected chi connectivity index (χ4v) is 2.49. The van der Waals surface area contributed by atoms with Crippen LogP contribution in [-0.4, -0.2) is 21.7 Å². The molecule has 0 fully saturated rings. The van der Waals surface area contributed by atoms with Crippen molar-refractivity contribution in [3.05, 3.63) is 82.9 Å². The van der Waals surface area contributed by atoms with Gasteiger partial charge in [-0.3, -0.25) is 4.79 Å². The van der Waals surface area contributed by atoms with Gasteiger partial charge in [-0.05, 0) is 48.9 Å². The molecule has 0 aliphatic heterocycles. The molecule has 0 radical (unpaired) electrons. The van der Waals surface area contributed by atoms with Crippen molar-refractivity contribution in [1.82, 2.24) is 15.0 Å². The summed E-state index contributed by atoms with van der Waals surface area (Å²) in [4.78, 5) is 15.9. The van der Waals surface area contributed by atoms with Gasteiger partial charge in [-0.25, -0.2) is 10.4 Å². The van der Waals surface area contributed by atoms with Crippen LogP contribution >= 0.6 is 11.6 Å². The van der Waals surface area contributed by atoms with E-state index < -0.39 is 5.91 Å². The predicted molar refractivity (Wildman–Crippen MR) is 94.8 cm³/mol. The maximum atomic E-state index is 12.0. The Kier molecular flexibility index (Phi) is 4.72. The molecule has 5 nitrogen and oxygen atoms in total. The van der Waals surface area contributed by atoms with Crippen molar-refractivity contribution in [1.29, 1.82) is 0 Å². The highest BCUT2D eigenvalue weighted by molar-refractivity contribution is 6.32. The van der Waals surface area contributed by atoms with Crippen molar-refractivity contribution in [2.45, 2.75) is 6.92 Å². The first kappa shape index (κ1) is 16.0. The number of hydrogen-bond acceptors (Lipinski definition) is 3. The van der Waals surface area contributed by atoms with E-state index in [1.807, 2.05) is 48.0 Å². The predicted octanol–water partition coefficient (Wildman–Crippen LogP) is 3.60. The van der Waals surface area contributed by atoms with Gasteiger partial charge in [-0.1, -0.05) is 23.7 Å². The van der Waals surface area contributed by atoms with E-state index in [0.717, 1.165) is 11.4 Å². The molecule has 0 saturated carbocycles. The molecule has 1 amide bonds. The Labute approximate surface area is 144 Å². The zero-order valence-corrected chi connectivity index (χ0v) is 13.7. The number of rotatable bonds is 4. The molecule has 6 heteroatoms. The molecule has 1 aromatic carbocycles. The number of pyridine rings is 1. The third-order valence-corrected chi connectivity index (χ3v) is 3.73. The maximum Gasteiger partial charge on any atom is 0.274 e. The molecule has 120 valence electrons. The quantitative estimate of drug-likeness (QED) is 0.449. The molecule has 3 rings (SSSR count). The molecule has 0 saturated heterocycles. The van der Waals surface area contributed by atoms with Crippen molar-refractivity contribution in [3.63, 3.8) is 0 Å². The normalized spacial score (nSPS) is 10.9. The van der Waals surface area contributed by atoms with Gasteiger partial charge in [0, 0.05) is 18.1 Å². The average molecular weight is 339 g/mol. The lowest BCUT2D eigenvalue weighted by atomic mass is 10.2. The first-order chi connectivity index (χ1) is 11.6. The number of halogens is 1. The molecular formula is C18H15ClN4O. The third-order valence-electron chi connectivity index (χ3n) is 3.43. The summed E-state index contributed by atoms with van der Waals surface area (Å²) in [6.07, 6.45) is 5.05. The lowest BCUT2D eigenvalue weighted by molar-refractivity contribution is 0.0955. The van der Waals surface area contributed by atoms with Crippen LogP contribution in [0.3, 0.4) is 0 Å². The fourth-order valence-electron chi connectivity index (χ4n) is 2.28. The fraction of sp³-hybridized carbons (Fsp3) is 0.0556. The van der Waals surface area contributed by atoms with E-state index in [9.17, 15) is 4.79 Å². The molecule has 0 atom stereocenters. The highest BCUT2D eigenvalue weighted by Crippen LogP contribution is 2.13. The van der Waals surface area contributed by atoms with Crippen molar-refractivity contribution in [2.75, 3.05) is 0 Å².